The molecule has 0 unspecified atom stereocenters. The Labute approximate surface area is 157 Å². The van der Waals surface area contributed by atoms with E-state index < -0.39 is 0 Å². The average molecular weight is 367 g/mol. The maximum absolute atomic E-state index is 9.41. The highest BCUT2D eigenvalue weighted by Crippen LogP contribution is 2.25. The predicted molar refractivity (Wildman–Crippen MR) is 102 cm³/mol. The minimum absolute atomic E-state index is 0.371. The zero-order chi connectivity index (χ0) is 18.1. The summed E-state index contributed by atoms with van der Waals surface area (Å²) in [6.45, 7) is 2.13. The van der Waals surface area contributed by atoms with Crippen molar-refractivity contribution in [3.05, 3.63) is 47.2 Å². The zero-order valence-electron chi connectivity index (χ0n) is 14.5. The molecule has 0 atom stereocenters. The van der Waals surface area contributed by atoms with Gasteiger partial charge in [0.25, 0.3) is 0 Å². The van der Waals surface area contributed by atoms with E-state index in [2.05, 4.69) is 33.3 Å². The number of nitriles is 1. The number of halogens is 1. The molecule has 0 radical (unpaired) electrons. The minimum atomic E-state index is 0.371. The van der Waals surface area contributed by atoms with Crippen LogP contribution in [0.1, 0.15) is 18.4 Å². The van der Waals surface area contributed by atoms with Crippen LogP contribution in [0.2, 0.25) is 5.02 Å². The van der Waals surface area contributed by atoms with Gasteiger partial charge in [-0.3, -0.25) is 4.40 Å². The third kappa shape index (κ3) is 3.24. The molecule has 1 fully saturated rings. The topological polar surface area (TPSA) is 69.2 Å². The lowest BCUT2D eigenvalue weighted by Gasteiger charge is -2.29. The molecule has 1 aliphatic heterocycles. The summed E-state index contributed by atoms with van der Waals surface area (Å²) in [5, 5.41) is 13.6. The van der Waals surface area contributed by atoms with E-state index in [1.165, 1.54) is 0 Å². The van der Waals surface area contributed by atoms with E-state index in [1.807, 2.05) is 34.9 Å². The van der Waals surface area contributed by atoms with Gasteiger partial charge in [0, 0.05) is 22.8 Å². The SMILES string of the molecule is CN1CCC(Nc2ncc(C#N)c3nc(-c4ccc(Cl)cc4)cn23)CC1. The second kappa shape index (κ2) is 6.94. The number of imidazole rings is 1. The third-order valence-corrected chi connectivity index (χ3v) is 5.06. The molecule has 6 nitrogen and oxygen atoms in total. The number of nitrogens with one attached hydrogen (secondary N) is 1. The van der Waals surface area contributed by atoms with Crippen molar-refractivity contribution < 1.29 is 0 Å². The fraction of sp³-hybridized carbons (Fsp3) is 0.316. The fourth-order valence-corrected chi connectivity index (χ4v) is 3.38. The van der Waals surface area contributed by atoms with Gasteiger partial charge in [0.2, 0.25) is 5.95 Å². The summed E-state index contributed by atoms with van der Waals surface area (Å²) in [6, 6.07) is 10.1. The van der Waals surface area contributed by atoms with E-state index in [1.54, 1.807) is 6.20 Å². The quantitative estimate of drug-likeness (QED) is 0.769. The summed E-state index contributed by atoms with van der Waals surface area (Å²) in [5.74, 6) is 0.723. The third-order valence-electron chi connectivity index (χ3n) is 4.80. The van der Waals surface area contributed by atoms with Crippen molar-refractivity contribution in [1.82, 2.24) is 19.3 Å². The number of hydrogen-bond acceptors (Lipinski definition) is 5. The molecule has 1 aromatic carbocycles. The molecular weight excluding hydrogens is 348 g/mol. The number of likely N-dealkylation sites (tertiary alicyclic amines) is 1. The molecule has 2 aromatic heterocycles. The molecule has 0 spiro atoms. The van der Waals surface area contributed by atoms with Crippen molar-refractivity contribution in [3.63, 3.8) is 0 Å². The Balaban J connectivity index is 1.72. The molecule has 132 valence electrons. The van der Waals surface area contributed by atoms with Crippen molar-refractivity contribution in [2.24, 2.45) is 0 Å². The van der Waals surface area contributed by atoms with Crippen LogP contribution < -0.4 is 5.32 Å². The van der Waals surface area contributed by atoms with E-state index in [4.69, 9.17) is 11.6 Å². The maximum Gasteiger partial charge on any atom is 0.208 e. The van der Waals surface area contributed by atoms with Crippen LogP contribution in [0, 0.1) is 11.3 Å². The van der Waals surface area contributed by atoms with Crippen LogP contribution in [-0.2, 0) is 0 Å². The molecule has 26 heavy (non-hydrogen) atoms. The lowest BCUT2D eigenvalue weighted by molar-refractivity contribution is 0.263. The van der Waals surface area contributed by atoms with Gasteiger partial charge in [0.1, 0.15) is 11.6 Å². The summed E-state index contributed by atoms with van der Waals surface area (Å²) in [7, 11) is 2.14. The van der Waals surface area contributed by atoms with E-state index in [0.717, 1.165) is 43.1 Å². The van der Waals surface area contributed by atoms with Crippen LogP contribution >= 0.6 is 11.6 Å². The molecule has 3 heterocycles. The first-order valence-corrected chi connectivity index (χ1v) is 9.01. The summed E-state index contributed by atoms with van der Waals surface area (Å²) < 4.78 is 1.88. The molecule has 7 heteroatoms. The Morgan fingerprint density at radius 3 is 2.65 bits per heavy atom. The predicted octanol–water partition coefficient (Wildman–Crippen LogP) is 3.43. The Morgan fingerprint density at radius 1 is 1.23 bits per heavy atom. The number of hydrogen-bond donors (Lipinski definition) is 1. The second-order valence-corrected chi connectivity index (χ2v) is 7.09. The maximum atomic E-state index is 9.41. The first kappa shape index (κ1) is 16.8. The summed E-state index contributed by atoms with van der Waals surface area (Å²) >= 11 is 5.98. The number of piperidine rings is 1. The highest BCUT2D eigenvalue weighted by atomic mass is 35.5. The number of aromatic nitrogens is 3. The number of fused-ring (bicyclic) bond motifs is 1. The molecule has 3 aromatic rings. The summed E-state index contributed by atoms with van der Waals surface area (Å²) in [4.78, 5) is 11.5. The van der Waals surface area contributed by atoms with Gasteiger partial charge in [0.05, 0.1) is 11.9 Å². The number of anilines is 1. The first-order chi connectivity index (χ1) is 12.6. The normalized spacial score (nSPS) is 15.9. The highest BCUT2D eigenvalue weighted by Gasteiger charge is 2.19. The first-order valence-electron chi connectivity index (χ1n) is 8.63. The standard InChI is InChI=1S/C19H19ClN6/c1-25-8-6-16(7-9-25)23-19-22-11-14(10-21)18-24-17(12-26(18)19)13-2-4-15(20)5-3-13/h2-5,11-12,16H,6-9H2,1H3,(H,22,23). The Hall–Kier alpha value is -2.62. The Morgan fingerprint density at radius 2 is 1.96 bits per heavy atom. The van der Waals surface area contributed by atoms with Crippen molar-refractivity contribution in [1.29, 1.82) is 5.26 Å². The second-order valence-electron chi connectivity index (χ2n) is 6.66. The van der Waals surface area contributed by atoms with Crippen LogP contribution in [0.4, 0.5) is 5.95 Å². The fourth-order valence-electron chi connectivity index (χ4n) is 3.26. The van der Waals surface area contributed by atoms with E-state index in [9.17, 15) is 5.26 Å². The molecule has 0 saturated carbocycles. The summed E-state index contributed by atoms with van der Waals surface area (Å²) in [5.41, 5.74) is 2.81. The van der Waals surface area contributed by atoms with Crippen molar-refractivity contribution in [2.45, 2.75) is 18.9 Å². The monoisotopic (exact) mass is 366 g/mol. The lowest BCUT2D eigenvalue weighted by atomic mass is 10.1. The number of rotatable bonds is 3. The molecule has 1 aliphatic rings. The van der Waals surface area contributed by atoms with Crippen LogP contribution in [0.15, 0.2) is 36.7 Å². The van der Waals surface area contributed by atoms with Gasteiger partial charge in [-0.15, -0.1) is 0 Å². The minimum Gasteiger partial charge on any atom is -0.352 e. The Kier molecular flexibility index (Phi) is 4.49. The smallest absolute Gasteiger partial charge is 0.208 e. The van der Waals surface area contributed by atoms with Crippen LogP contribution in [0.5, 0.6) is 0 Å². The molecule has 4 rings (SSSR count). The van der Waals surface area contributed by atoms with Gasteiger partial charge < -0.3 is 10.2 Å². The largest absolute Gasteiger partial charge is 0.352 e. The van der Waals surface area contributed by atoms with Crippen molar-refractivity contribution in [3.8, 4) is 17.3 Å². The number of nitrogens with zero attached hydrogens (tertiary/aromatic N) is 5. The van der Waals surface area contributed by atoms with Crippen LogP contribution in [0.25, 0.3) is 16.9 Å². The van der Waals surface area contributed by atoms with E-state index in [0.29, 0.717) is 22.3 Å². The average Bonchev–Trinajstić information content (AvgIpc) is 3.10. The van der Waals surface area contributed by atoms with Gasteiger partial charge >= 0.3 is 0 Å². The van der Waals surface area contributed by atoms with Gasteiger partial charge in [-0.25, -0.2) is 9.97 Å². The van der Waals surface area contributed by atoms with Gasteiger partial charge in [-0.1, -0.05) is 23.7 Å². The van der Waals surface area contributed by atoms with Crippen molar-refractivity contribution in [2.75, 3.05) is 25.5 Å². The highest BCUT2D eigenvalue weighted by molar-refractivity contribution is 6.30. The van der Waals surface area contributed by atoms with E-state index in [-0.39, 0.29) is 0 Å². The van der Waals surface area contributed by atoms with Gasteiger partial charge in [0.15, 0.2) is 5.65 Å². The molecule has 0 bridgehead atoms. The lowest BCUT2D eigenvalue weighted by Crippen LogP contribution is -2.37. The van der Waals surface area contributed by atoms with Gasteiger partial charge in [-0.2, -0.15) is 5.26 Å². The zero-order valence-corrected chi connectivity index (χ0v) is 15.2. The molecule has 1 saturated heterocycles. The number of benzene rings is 1. The van der Waals surface area contributed by atoms with Gasteiger partial charge in [-0.05, 0) is 45.1 Å². The molecular formula is C19H19ClN6. The Bertz CT molecular complexity index is 964. The van der Waals surface area contributed by atoms with E-state index >= 15 is 0 Å². The van der Waals surface area contributed by atoms with Crippen molar-refractivity contribution >= 4 is 23.2 Å². The van der Waals surface area contributed by atoms with Crippen LogP contribution in [0.3, 0.4) is 0 Å². The summed E-state index contributed by atoms with van der Waals surface area (Å²) in [6.07, 6.45) is 5.64. The molecule has 0 amide bonds. The molecule has 1 N–H and O–H groups in total. The van der Waals surface area contributed by atoms with Crippen LogP contribution in [-0.4, -0.2) is 45.4 Å². The molecule has 0 aliphatic carbocycles.